The van der Waals surface area contributed by atoms with Crippen LogP contribution in [-0.4, -0.2) is 46.6 Å². The summed E-state index contributed by atoms with van der Waals surface area (Å²) in [4.78, 5) is 0. The Hall–Kier alpha value is -0.910. The van der Waals surface area contributed by atoms with E-state index in [4.69, 9.17) is 4.74 Å². The molecule has 0 aliphatic carbocycles. The summed E-state index contributed by atoms with van der Waals surface area (Å²) in [6.07, 6.45) is 2.12. The van der Waals surface area contributed by atoms with Crippen LogP contribution in [0.1, 0.15) is 19.4 Å². The quantitative estimate of drug-likeness (QED) is 0.722. The summed E-state index contributed by atoms with van der Waals surface area (Å²) in [5.41, 5.74) is 1.26. The smallest absolute Gasteiger partial charge is 0.119 e. The highest BCUT2D eigenvalue weighted by molar-refractivity contribution is 7.84. The van der Waals surface area contributed by atoms with Gasteiger partial charge in [-0.05, 0) is 31.0 Å². The van der Waals surface area contributed by atoms with Gasteiger partial charge in [0.2, 0.25) is 0 Å². The van der Waals surface area contributed by atoms with E-state index in [0.29, 0.717) is 13.1 Å². The van der Waals surface area contributed by atoms with Crippen LogP contribution in [0.15, 0.2) is 24.3 Å². The van der Waals surface area contributed by atoms with Gasteiger partial charge in [0.25, 0.3) is 0 Å². The average Bonchev–Trinajstić information content (AvgIpc) is 2.45. The first-order chi connectivity index (χ1) is 9.52. The van der Waals surface area contributed by atoms with Crippen molar-refractivity contribution in [2.24, 2.45) is 0 Å². The molecule has 0 saturated heterocycles. The molecule has 1 rings (SSSR count). The number of aliphatic hydroxyl groups is 1. The molecule has 0 spiro atoms. The van der Waals surface area contributed by atoms with Crippen LogP contribution in [0, 0.1) is 0 Å². The summed E-state index contributed by atoms with van der Waals surface area (Å²) in [6.45, 7) is 5.35. The number of aryl methyl sites for hydroxylation is 1. The van der Waals surface area contributed by atoms with Crippen LogP contribution in [0.25, 0.3) is 0 Å². The van der Waals surface area contributed by atoms with Gasteiger partial charge in [0.15, 0.2) is 0 Å². The van der Waals surface area contributed by atoms with Gasteiger partial charge in [0.05, 0.1) is 0 Å². The summed E-state index contributed by atoms with van der Waals surface area (Å²) in [7, 11) is -0.837. The molecule has 2 N–H and O–H groups in total. The zero-order valence-electron chi connectivity index (χ0n) is 12.5. The van der Waals surface area contributed by atoms with E-state index >= 15 is 0 Å². The first-order valence-electron chi connectivity index (χ1n) is 6.95. The van der Waals surface area contributed by atoms with Crippen LogP contribution in [0.3, 0.4) is 0 Å². The lowest BCUT2D eigenvalue weighted by molar-refractivity contribution is 0.106. The molecule has 0 aliphatic heterocycles. The van der Waals surface area contributed by atoms with Crippen molar-refractivity contribution in [1.82, 2.24) is 5.32 Å². The molecular weight excluding hydrogens is 274 g/mol. The van der Waals surface area contributed by atoms with Crippen LogP contribution in [0.4, 0.5) is 0 Å². The molecule has 20 heavy (non-hydrogen) atoms. The standard InChI is InChI=1S/C15H25NO3S/c1-4-13-5-7-15(8-6-13)19-11-14(17)10-16-9-12(2)20(3)18/h5-8,12,14,16-17H,4,9-11H2,1-3H3. The van der Waals surface area contributed by atoms with Crippen molar-refractivity contribution in [2.75, 3.05) is 26.0 Å². The van der Waals surface area contributed by atoms with Gasteiger partial charge in [-0.15, -0.1) is 0 Å². The van der Waals surface area contributed by atoms with E-state index in [0.717, 1.165) is 12.2 Å². The maximum atomic E-state index is 11.2. The Morgan fingerprint density at radius 1 is 1.30 bits per heavy atom. The summed E-state index contributed by atoms with van der Waals surface area (Å²) >= 11 is 0. The third kappa shape index (κ3) is 6.50. The van der Waals surface area contributed by atoms with Crippen molar-refractivity contribution < 1.29 is 14.1 Å². The van der Waals surface area contributed by atoms with Crippen LogP contribution >= 0.6 is 0 Å². The monoisotopic (exact) mass is 299 g/mol. The summed E-state index contributed by atoms with van der Waals surface area (Å²) in [5, 5.41) is 13.0. The van der Waals surface area contributed by atoms with Crippen LogP contribution in [0.2, 0.25) is 0 Å². The minimum absolute atomic E-state index is 0.0877. The molecule has 4 nitrogen and oxygen atoms in total. The van der Waals surface area contributed by atoms with Crippen molar-refractivity contribution in [3.05, 3.63) is 29.8 Å². The molecule has 0 bridgehead atoms. The van der Waals surface area contributed by atoms with Crippen LogP contribution in [0.5, 0.6) is 5.75 Å². The molecule has 0 fully saturated rings. The molecule has 0 saturated carbocycles. The van der Waals surface area contributed by atoms with E-state index in [-0.39, 0.29) is 11.9 Å². The molecule has 5 heteroatoms. The molecule has 0 aliphatic rings. The lowest BCUT2D eigenvalue weighted by atomic mass is 10.2. The first kappa shape index (κ1) is 17.1. The maximum absolute atomic E-state index is 11.2. The van der Waals surface area contributed by atoms with Gasteiger partial charge >= 0.3 is 0 Å². The second-order valence-electron chi connectivity index (χ2n) is 4.93. The van der Waals surface area contributed by atoms with Gasteiger partial charge in [0.1, 0.15) is 18.5 Å². The lowest BCUT2D eigenvalue weighted by Gasteiger charge is -2.15. The topological polar surface area (TPSA) is 58.6 Å². The number of hydrogen-bond acceptors (Lipinski definition) is 4. The number of benzene rings is 1. The fourth-order valence-electron chi connectivity index (χ4n) is 1.64. The Morgan fingerprint density at radius 3 is 2.50 bits per heavy atom. The Kier molecular flexibility index (Phi) is 7.80. The second-order valence-corrected chi connectivity index (χ2v) is 6.73. The molecule has 3 atom stereocenters. The highest BCUT2D eigenvalue weighted by Crippen LogP contribution is 2.12. The minimum atomic E-state index is -0.837. The molecule has 0 heterocycles. The first-order valence-corrected chi connectivity index (χ1v) is 8.57. The van der Waals surface area contributed by atoms with Crippen LogP contribution in [-0.2, 0) is 17.2 Å². The third-order valence-electron chi connectivity index (χ3n) is 3.15. The van der Waals surface area contributed by atoms with E-state index in [1.54, 1.807) is 6.26 Å². The minimum Gasteiger partial charge on any atom is -0.491 e. The van der Waals surface area contributed by atoms with Gasteiger partial charge in [-0.1, -0.05) is 19.1 Å². The zero-order chi connectivity index (χ0) is 15.0. The highest BCUT2D eigenvalue weighted by Gasteiger charge is 2.08. The van der Waals surface area contributed by atoms with E-state index in [1.807, 2.05) is 31.2 Å². The van der Waals surface area contributed by atoms with Crippen molar-refractivity contribution in [2.45, 2.75) is 31.6 Å². The Labute approximate surface area is 124 Å². The molecule has 1 aromatic carbocycles. The van der Waals surface area contributed by atoms with Crippen molar-refractivity contribution in [1.29, 1.82) is 0 Å². The lowest BCUT2D eigenvalue weighted by Crippen LogP contribution is -2.36. The maximum Gasteiger partial charge on any atom is 0.119 e. The molecule has 3 unspecified atom stereocenters. The Morgan fingerprint density at radius 2 is 1.95 bits per heavy atom. The number of aliphatic hydroxyl groups excluding tert-OH is 1. The van der Waals surface area contributed by atoms with E-state index in [1.165, 1.54) is 5.56 Å². The molecule has 0 aromatic heterocycles. The molecule has 114 valence electrons. The van der Waals surface area contributed by atoms with Crippen molar-refractivity contribution in [3.63, 3.8) is 0 Å². The average molecular weight is 299 g/mol. The molecule has 0 amide bonds. The predicted molar refractivity (Wildman–Crippen MR) is 83.7 cm³/mol. The normalized spacial score (nSPS) is 15.6. The highest BCUT2D eigenvalue weighted by atomic mass is 32.2. The molecule has 0 radical (unpaired) electrons. The van der Waals surface area contributed by atoms with Gasteiger partial charge < -0.3 is 15.2 Å². The summed E-state index contributed by atoms with van der Waals surface area (Å²) in [5.74, 6) is 0.768. The fourth-order valence-corrected chi connectivity index (χ4v) is 2.00. The zero-order valence-corrected chi connectivity index (χ0v) is 13.3. The van der Waals surface area contributed by atoms with Crippen molar-refractivity contribution >= 4 is 10.8 Å². The van der Waals surface area contributed by atoms with Gasteiger partial charge in [-0.3, -0.25) is 4.21 Å². The number of ether oxygens (including phenoxy) is 1. The van der Waals surface area contributed by atoms with Crippen LogP contribution < -0.4 is 10.1 Å². The fraction of sp³-hybridized carbons (Fsp3) is 0.600. The van der Waals surface area contributed by atoms with E-state index in [2.05, 4.69) is 12.2 Å². The largest absolute Gasteiger partial charge is 0.491 e. The molecular formula is C15H25NO3S. The summed E-state index contributed by atoms with van der Waals surface area (Å²) < 4.78 is 16.7. The van der Waals surface area contributed by atoms with Gasteiger partial charge in [-0.2, -0.15) is 0 Å². The number of rotatable bonds is 9. The molecule has 1 aromatic rings. The Balaban J connectivity index is 2.22. The van der Waals surface area contributed by atoms with Gasteiger partial charge in [-0.25, -0.2) is 0 Å². The number of hydrogen-bond donors (Lipinski definition) is 2. The Bertz CT molecular complexity index is 408. The van der Waals surface area contributed by atoms with E-state index < -0.39 is 16.9 Å². The summed E-state index contributed by atoms with van der Waals surface area (Å²) in [6, 6.07) is 7.89. The second kappa shape index (κ2) is 9.10. The van der Waals surface area contributed by atoms with Gasteiger partial charge in [0, 0.05) is 35.4 Å². The third-order valence-corrected chi connectivity index (χ3v) is 4.45. The predicted octanol–water partition coefficient (Wildman–Crippen LogP) is 1.35. The SMILES string of the molecule is CCc1ccc(OCC(O)CNCC(C)S(C)=O)cc1. The van der Waals surface area contributed by atoms with Crippen molar-refractivity contribution in [3.8, 4) is 5.75 Å². The van der Waals surface area contributed by atoms with E-state index in [9.17, 15) is 9.32 Å². The number of nitrogens with one attached hydrogen (secondary N) is 1.